The van der Waals surface area contributed by atoms with Crippen molar-refractivity contribution < 1.29 is 15.0 Å². The van der Waals surface area contributed by atoms with Crippen LogP contribution in [0.25, 0.3) is 21.8 Å². The lowest BCUT2D eigenvalue weighted by Gasteiger charge is -2.14. The number of carbonyl (C=O) groups excluding carboxylic acids is 1. The molecule has 1 heterocycles. The van der Waals surface area contributed by atoms with Crippen LogP contribution in [0.1, 0.15) is 22.3 Å². The number of halogens is 1. The number of phenols is 1. The third kappa shape index (κ3) is 3.55. The molecular weight excluding hydrogens is 418 g/mol. The number of carbonyl (C=O) groups is 1. The molecule has 1 aromatic heterocycles. The molecular formula is C23H20BrNO3. The number of aliphatic hydroxyl groups is 1. The Morgan fingerprint density at radius 1 is 1.00 bits per heavy atom. The minimum atomic E-state index is -0.815. The Morgan fingerprint density at radius 2 is 1.64 bits per heavy atom. The summed E-state index contributed by atoms with van der Waals surface area (Å²) in [6.45, 7) is 2.39. The van der Waals surface area contributed by atoms with Gasteiger partial charge in [-0.3, -0.25) is 4.79 Å². The average molecular weight is 438 g/mol. The van der Waals surface area contributed by atoms with E-state index in [1.807, 2.05) is 12.1 Å². The highest BCUT2D eigenvalue weighted by atomic mass is 79.9. The van der Waals surface area contributed by atoms with Crippen LogP contribution in [0.4, 0.5) is 0 Å². The van der Waals surface area contributed by atoms with Gasteiger partial charge in [0.1, 0.15) is 5.75 Å². The molecule has 0 saturated carbocycles. The normalized spacial score (nSPS) is 12.5. The second kappa shape index (κ2) is 7.41. The van der Waals surface area contributed by atoms with Gasteiger partial charge in [0.25, 0.3) is 0 Å². The number of phenolic OH excluding ortho intramolecular Hbond substituents is 1. The smallest absolute Gasteiger partial charge is 0.165 e. The molecule has 0 bridgehead atoms. The van der Waals surface area contributed by atoms with Crippen LogP contribution in [-0.2, 0) is 6.54 Å². The molecule has 1 unspecified atom stereocenters. The van der Waals surface area contributed by atoms with Crippen molar-refractivity contribution in [1.82, 2.24) is 4.57 Å². The van der Waals surface area contributed by atoms with E-state index in [0.29, 0.717) is 12.1 Å². The fourth-order valence-electron chi connectivity index (χ4n) is 3.64. The van der Waals surface area contributed by atoms with Gasteiger partial charge in [0.05, 0.1) is 6.10 Å². The van der Waals surface area contributed by atoms with Crippen molar-refractivity contribution in [3.05, 3.63) is 76.3 Å². The number of aliphatic hydroxyl groups excluding tert-OH is 1. The number of rotatable bonds is 5. The lowest BCUT2D eigenvalue weighted by molar-refractivity contribution is 0.0858. The van der Waals surface area contributed by atoms with Gasteiger partial charge >= 0.3 is 0 Å². The number of ketones is 1. The highest BCUT2D eigenvalue weighted by molar-refractivity contribution is 9.10. The highest BCUT2D eigenvalue weighted by Gasteiger charge is 2.17. The predicted octanol–water partition coefficient (Wildman–Crippen LogP) is 5.20. The Balaban J connectivity index is 1.66. The third-order valence-corrected chi connectivity index (χ3v) is 5.48. The maximum atomic E-state index is 12.5. The lowest BCUT2D eigenvalue weighted by Crippen LogP contribution is -2.20. The molecule has 4 aromatic rings. The van der Waals surface area contributed by atoms with Gasteiger partial charge in [-0.1, -0.05) is 27.6 Å². The maximum Gasteiger partial charge on any atom is 0.165 e. The van der Waals surface area contributed by atoms with E-state index in [-0.39, 0.29) is 18.0 Å². The summed E-state index contributed by atoms with van der Waals surface area (Å²) in [4.78, 5) is 12.5. The van der Waals surface area contributed by atoms with E-state index in [9.17, 15) is 15.0 Å². The van der Waals surface area contributed by atoms with Crippen LogP contribution in [0.2, 0.25) is 0 Å². The highest BCUT2D eigenvalue weighted by Crippen LogP contribution is 2.32. The number of nitrogens with zero attached hydrogens (tertiary/aromatic N) is 1. The number of benzene rings is 3. The molecule has 0 aliphatic rings. The topological polar surface area (TPSA) is 62.5 Å². The van der Waals surface area contributed by atoms with Crippen molar-refractivity contribution in [1.29, 1.82) is 0 Å². The zero-order chi connectivity index (χ0) is 19.8. The van der Waals surface area contributed by atoms with Gasteiger partial charge in [0.2, 0.25) is 0 Å². The number of aromatic hydroxyl groups is 1. The van der Waals surface area contributed by atoms with Gasteiger partial charge in [-0.25, -0.2) is 0 Å². The number of aryl methyl sites for hydroxylation is 1. The second-order valence-corrected chi connectivity index (χ2v) is 8.04. The standard InChI is InChI=1S/C23H20BrNO3/c1-14-2-8-21-19(10-14)20-11-16(24)5-9-22(20)25(21)13-18(27)12-23(28)15-3-6-17(26)7-4-15/h2-11,18,26-27H,12-13H2,1H3. The van der Waals surface area contributed by atoms with Gasteiger partial charge in [0, 0.05) is 44.8 Å². The van der Waals surface area contributed by atoms with Crippen molar-refractivity contribution in [3.63, 3.8) is 0 Å². The van der Waals surface area contributed by atoms with Crippen molar-refractivity contribution in [2.75, 3.05) is 0 Å². The molecule has 0 fully saturated rings. The Labute approximate surface area is 171 Å². The predicted molar refractivity (Wildman–Crippen MR) is 115 cm³/mol. The molecule has 0 amide bonds. The molecule has 0 radical (unpaired) electrons. The van der Waals surface area contributed by atoms with E-state index in [1.165, 1.54) is 17.7 Å². The summed E-state index contributed by atoms with van der Waals surface area (Å²) in [6.07, 6.45) is -0.793. The first-order chi connectivity index (χ1) is 13.4. The molecule has 0 saturated heterocycles. The first-order valence-electron chi connectivity index (χ1n) is 9.11. The third-order valence-electron chi connectivity index (χ3n) is 4.99. The summed E-state index contributed by atoms with van der Waals surface area (Å²) in [5.74, 6) is -0.0318. The minimum absolute atomic E-state index is 0.0222. The monoisotopic (exact) mass is 437 g/mol. The van der Waals surface area contributed by atoms with Crippen LogP contribution in [0.5, 0.6) is 5.75 Å². The van der Waals surface area contributed by atoms with Crippen molar-refractivity contribution in [2.24, 2.45) is 0 Å². The van der Waals surface area contributed by atoms with Crippen LogP contribution < -0.4 is 0 Å². The van der Waals surface area contributed by atoms with Crippen LogP contribution in [-0.4, -0.2) is 26.7 Å². The first-order valence-corrected chi connectivity index (χ1v) is 9.90. The molecule has 0 aliphatic heterocycles. The zero-order valence-corrected chi connectivity index (χ0v) is 17.0. The molecule has 2 N–H and O–H groups in total. The van der Waals surface area contributed by atoms with Gasteiger partial charge in [0.15, 0.2) is 5.78 Å². The summed E-state index contributed by atoms with van der Waals surface area (Å²) in [6, 6.07) is 18.5. The quantitative estimate of drug-likeness (QED) is 0.421. The molecule has 5 heteroatoms. The van der Waals surface area contributed by atoms with Crippen molar-refractivity contribution in [3.8, 4) is 5.75 Å². The van der Waals surface area contributed by atoms with E-state index >= 15 is 0 Å². The number of aromatic nitrogens is 1. The molecule has 28 heavy (non-hydrogen) atoms. The number of fused-ring (bicyclic) bond motifs is 3. The van der Waals surface area contributed by atoms with E-state index in [0.717, 1.165) is 26.3 Å². The van der Waals surface area contributed by atoms with Crippen LogP contribution in [0, 0.1) is 6.92 Å². The molecule has 3 aromatic carbocycles. The summed E-state index contributed by atoms with van der Waals surface area (Å²) < 4.78 is 3.08. The lowest BCUT2D eigenvalue weighted by atomic mass is 10.0. The Morgan fingerprint density at radius 3 is 2.36 bits per heavy atom. The molecule has 4 rings (SSSR count). The van der Waals surface area contributed by atoms with Crippen molar-refractivity contribution >= 4 is 43.5 Å². The Kier molecular flexibility index (Phi) is 4.96. The van der Waals surface area contributed by atoms with Gasteiger partial charge < -0.3 is 14.8 Å². The Hall–Kier alpha value is -2.63. The molecule has 142 valence electrons. The van der Waals surface area contributed by atoms with Crippen LogP contribution in [0.15, 0.2) is 65.1 Å². The average Bonchev–Trinajstić information content (AvgIpc) is 2.94. The van der Waals surface area contributed by atoms with Crippen molar-refractivity contribution in [2.45, 2.75) is 26.0 Å². The minimum Gasteiger partial charge on any atom is -0.508 e. The largest absolute Gasteiger partial charge is 0.508 e. The van der Waals surface area contributed by atoms with Crippen LogP contribution in [0.3, 0.4) is 0 Å². The fourth-order valence-corrected chi connectivity index (χ4v) is 4.00. The van der Waals surface area contributed by atoms with E-state index in [1.54, 1.807) is 12.1 Å². The number of Topliss-reactive ketones (excluding diaryl/α,β-unsaturated/α-hetero) is 1. The summed E-state index contributed by atoms with van der Waals surface area (Å²) in [5, 5.41) is 22.2. The molecule has 1 atom stereocenters. The van der Waals surface area contributed by atoms with Gasteiger partial charge in [-0.2, -0.15) is 0 Å². The summed E-state index contributed by atoms with van der Waals surface area (Å²) in [7, 11) is 0. The first kappa shape index (κ1) is 18.7. The molecule has 0 spiro atoms. The number of hydrogen-bond donors (Lipinski definition) is 2. The summed E-state index contributed by atoms with van der Waals surface area (Å²) >= 11 is 3.54. The molecule has 4 nitrogen and oxygen atoms in total. The molecule has 0 aliphatic carbocycles. The van der Waals surface area contributed by atoms with Gasteiger partial charge in [-0.05, 0) is 61.5 Å². The number of hydrogen-bond acceptors (Lipinski definition) is 3. The zero-order valence-electron chi connectivity index (χ0n) is 15.4. The fraction of sp³-hybridized carbons (Fsp3) is 0.174. The van der Waals surface area contributed by atoms with Crippen LogP contribution >= 0.6 is 15.9 Å². The SMILES string of the molecule is Cc1ccc2c(c1)c1cc(Br)ccc1n2CC(O)CC(=O)c1ccc(O)cc1. The maximum absolute atomic E-state index is 12.5. The van der Waals surface area contributed by atoms with Gasteiger partial charge in [-0.15, -0.1) is 0 Å². The van der Waals surface area contributed by atoms with E-state index in [2.05, 4.69) is 51.7 Å². The van der Waals surface area contributed by atoms with E-state index < -0.39 is 6.10 Å². The second-order valence-electron chi connectivity index (χ2n) is 7.12. The van der Waals surface area contributed by atoms with E-state index in [4.69, 9.17) is 0 Å². The summed E-state index contributed by atoms with van der Waals surface area (Å²) in [5.41, 5.74) is 3.72. The Bertz CT molecular complexity index is 1120.